The number of anilines is 1. The first-order chi connectivity index (χ1) is 27.4. The van der Waals surface area contributed by atoms with Crippen LogP contribution in [0, 0.1) is 41.5 Å². The van der Waals surface area contributed by atoms with E-state index in [4.69, 9.17) is 47.0 Å². The number of amides is 1. The van der Waals surface area contributed by atoms with Crippen molar-refractivity contribution < 1.29 is 44.4 Å². The van der Waals surface area contributed by atoms with Crippen LogP contribution in [0.2, 0.25) is 0 Å². The Labute approximate surface area is 412 Å². The van der Waals surface area contributed by atoms with E-state index in [1.807, 2.05) is 62.4 Å². The number of nitrogens with two attached hydrogens (primary N) is 2. The quantitative estimate of drug-likeness (QED) is 0.0331. The number of nitrogens with zero attached hydrogens (tertiary/aromatic N) is 1. The first-order valence-corrected chi connectivity index (χ1v) is 21.3. The van der Waals surface area contributed by atoms with Gasteiger partial charge in [0.2, 0.25) is 0 Å². The summed E-state index contributed by atoms with van der Waals surface area (Å²) in [6.45, 7) is 12.3. The van der Waals surface area contributed by atoms with E-state index in [0.717, 1.165) is 25.1 Å². The number of hydrogen-bond donors (Lipinski definition) is 3. The number of nitrogens with one attached hydrogen (secondary N) is 1. The second-order valence-electron chi connectivity index (χ2n) is 13.0. The molecule has 0 aromatic heterocycles. The maximum atomic E-state index is 12.1. The Balaban J connectivity index is 0.000000776. The molecule has 59 heavy (non-hydrogen) atoms. The van der Waals surface area contributed by atoms with Crippen molar-refractivity contribution in [1.29, 1.82) is 0 Å². The van der Waals surface area contributed by atoms with Gasteiger partial charge in [0.1, 0.15) is 0 Å². The molecule has 5 aromatic rings. The Bertz CT molecular complexity index is 2140. The van der Waals surface area contributed by atoms with E-state index < -0.39 is 0 Å². The standard InChI is InChI=1S/C18H17BrOS.C10H12BrNS.C9H7NOS.C8H10BrN.H2NO.Na/c1-12-8-14(9-13(2)18(12)19)10-16(21)11-17(20)15-6-4-3-5-7-15;1-6-3-8(5-9(12)13)4-7(2)10(6)11;11-9(10-6-7-12)8-4-2-1-3-5-8;1-5-3-7(10)4-6(2)8(5)9;1-2;/h3-9H,10-11H2,1-2H3;3-4H,5H2,1-2H3,(H2,12,13);1-7H;3-4H,10H2,1-2H3;1-2H;/q;;;;-1;+1. The molecule has 0 unspecified atom stereocenters. The second kappa shape index (κ2) is 30.4. The van der Waals surface area contributed by atoms with Gasteiger partial charge >= 0.3 is 29.6 Å². The Morgan fingerprint density at radius 1 is 0.661 bits per heavy atom. The van der Waals surface area contributed by atoms with Gasteiger partial charge in [0.25, 0.3) is 5.91 Å². The minimum atomic E-state index is -0.267. The molecular weight excluding hydrogens is 1000 g/mol. The van der Waals surface area contributed by atoms with E-state index in [-0.39, 0.29) is 41.2 Å². The van der Waals surface area contributed by atoms with Crippen LogP contribution in [-0.4, -0.2) is 38.3 Å². The smallest absolute Gasteiger partial charge is 0.553 e. The van der Waals surface area contributed by atoms with E-state index in [1.54, 1.807) is 24.3 Å². The SMILES string of the molecule is Cc1cc(CC(=S)CC(=O)c2ccccc2)cc(C)c1Br.Cc1cc(CC(N)=S)cc(C)c1Br.Cc1cc(N)cc(C)c1Br.O=C(N=CC=S)c1ccccc1.[NH-]O.[Na+]. The summed E-state index contributed by atoms with van der Waals surface area (Å²) in [5.74, 6) is 4.57. The maximum absolute atomic E-state index is 12.1. The number of carbonyl (C=O) groups excluding carboxylic acids is 2. The predicted octanol–water partition coefficient (Wildman–Crippen LogP) is 10.1. The summed E-state index contributed by atoms with van der Waals surface area (Å²) in [5.41, 5.74) is 22.8. The number of benzene rings is 5. The number of aliphatic imine (C=N–C) groups is 1. The van der Waals surface area contributed by atoms with Gasteiger partial charge in [0.05, 0.1) is 4.99 Å². The van der Waals surface area contributed by atoms with Crippen molar-refractivity contribution in [2.45, 2.75) is 60.8 Å². The van der Waals surface area contributed by atoms with Crippen LogP contribution in [0.25, 0.3) is 5.90 Å². The Morgan fingerprint density at radius 2 is 1.02 bits per heavy atom. The second-order valence-corrected chi connectivity index (χ2v) is 16.7. The van der Waals surface area contributed by atoms with E-state index in [1.165, 1.54) is 60.6 Å². The number of Topliss-reactive ketones (excluding diaryl/α,β-unsaturated/α-hetero) is 1. The minimum absolute atomic E-state index is 0. The molecule has 0 bridgehead atoms. The summed E-state index contributed by atoms with van der Waals surface area (Å²) in [4.78, 5) is 28.2. The molecule has 0 atom stereocenters. The molecule has 7 nitrogen and oxygen atoms in total. The van der Waals surface area contributed by atoms with Crippen molar-refractivity contribution in [3.63, 3.8) is 0 Å². The van der Waals surface area contributed by atoms with E-state index in [0.29, 0.717) is 29.8 Å². The van der Waals surface area contributed by atoms with Crippen molar-refractivity contribution in [2.24, 2.45) is 10.7 Å². The number of halogens is 3. The number of hydrogen-bond acceptors (Lipinski definition) is 7. The summed E-state index contributed by atoms with van der Waals surface area (Å²) in [6, 6.07) is 30.5. The van der Waals surface area contributed by atoms with Crippen molar-refractivity contribution >= 4 is 123 Å². The molecule has 0 fully saturated rings. The predicted molar refractivity (Wildman–Crippen MR) is 266 cm³/mol. The molecule has 0 radical (unpaired) electrons. The normalized spacial score (nSPS) is 9.75. The molecule has 0 aliphatic rings. The average Bonchev–Trinajstić information content (AvgIpc) is 3.19. The molecule has 306 valence electrons. The topological polar surface area (TPSA) is 143 Å². The van der Waals surface area contributed by atoms with Gasteiger partial charge in [-0.05, 0) is 110 Å². The molecule has 0 aliphatic heterocycles. The Kier molecular flexibility index (Phi) is 29.0. The number of aryl methyl sites for hydroxylation is 6. The van der Waals surface area contributed by atoms with Gasteiger partial charge in [0.15, 0.2) is 5.78 Å². The summed E-state index contributed by atoms with van der Waals surface area (Å²) < 4.78 is 3.46. The zero-order valence-corrected chi connectivity index (χ0v) is 43.4. The number of thiocarbonyl (C=S) groups is 3. The van der Waals surface area contributed by atoms with Gasteiger partial charge in [-0.1, -0.05) is 157 Å². The molecule has 14 heteroatoms. The summed E-state index contributed by atoms with van der Waals surface area (Å²) in [5, 5.41) is 7.56. The van der Waals surface area contributed by atoms with Crippen molar-refractivity contribution in [2.75, 3.05) is 5.73 Å². The number of nitrogen functional groups attached to an aromatic ring is 1. The molecule has 5 rings (SSSR count). The molecule has 0 spiro atoms. The fourth-order valence-electron chi connectivity index (χ4n) is 5.40. The molecule has 0 heterocycles. The van der Waals surface area contributed by atoms with Crippen LogP contribution < -0.4 is 41.0 Å². The fraction of sp³-hybridized carbons (Fsp3) is 0.200. The zero-order valence-electron chi connectivity index (χ0n) is 34.2. The monoisotopic (exact) mass is 1050 g/mol. The van der Waals surface area contributed by atoms with E-state index in [9.17, 15) is 9.59 Å². The first kappa shape index (κ1) is 56.3. The molecule has 0 aliphatic carbocycles. The maximum Gasteiger partial charge on any atom is 1.00 e. The zero-order chi connectivity index (χ0) is 43.9. The van der Waals surface area contributed by atoms with Gasteiger partial charge < -0.3 is 22.6 Å². The van der Waals surface area contributed by atoms with Crippen molar-refractivity contribution in [1.82, 2.24) is 0 Å². The minimum Gasteiger partial charge on any atom is -0.553 e. The van der Waals surface area contributed by atoms with Crippen LogP contribution in [0.15, 0.2) is 115 Å². The molecule has 1 amide bonds. The van der Waals surface area contributed by atoms with Gasteiger partial charge in [-0.25, -0.2) is 4.99 Å². The average molecular weight is 1050 g/mol. The van der Waals surface area contributed by atoms with Gasteiger partial charge in [-0.3, -0.25) is 9.59 Å². The van der Waals surface area contributed by atoms with Crippen LogP contribution in [0.4, 0.5) is 5.69 Å². The van der Waals surface area contributed by atoms with Crippen LogP contribution in [0.5, 0.6) is 0 Å². The van der Waals surface area contributed by atoms with Crippen molar-refractivity contribution in [3.8, 4) is 0 Å². The molecule has 6 N–H and O–H groups in total. The third-order valence-electron chi connectivity index (χ3n) is 7.96. The first-order valence-electron chi connectivity index (χ1n) is 17.6. The van der Waals surface area contributed by atoms with Crippen LogP contribution in [0.1, 0.15) is 71.6 Å². The summed E-state index contributed by atoms with van der Waals surface area (Å²) >= 11 is 25.3. The largest absolute Gasteiger partial charge is 1.00 e. The van der Waals surface area contributed by atoms with Gasteiger partial charge in [-0.2, -0.15) is 0 Å². The number of carbonyl (C=O) groups is 2. The number of ketones is 1. The summed E-state index contributed by atoms with van der Waals surface area (Å²) in [6.07, 6.45) is 2.99. The van der Waals surface area contributed by atoms with Crippen LogP contribution in [-0.2, 0) is 12.8 Å². The van der Waals surface area contributed by atoms with E-state index in [2.05, 4.69) is 117 Å². The summed E-state index contributed by atoms with van der Waals surface area (Å²) in [7, 11) is 0. The Morgan fingerprint density at radius 3 is 1.39 bits per heavy atom. The molecule has 0 saturated heterocycles. The fourth-order valence-corrected chi connectivity index (χ4v) is 6.62. The molecule has 5 aromatic carbocycles. The molecular formula is C45H48Br3N4NaO3S3. The van der Waals surface area contributed by atoms with E-state index >= 15 is 0 Å². The third-order valence-corrected chi connectivity index (χ3v) is 12.3. The van der Waals surface area contributed by atoms with Crippen molar-refractivity contribution in [3.05, 3.63) is 172 Å². The number of rotatable bonds is 9. The van der Waals surface area contributed by atoms with Crippen LogP contribution >= 0.6 is 84.4 Å². The van der Waals surface area contributed by atoms with Gasteiger partial charge in [0, 0.05) is 65.9 Å². The Hall–Kier alpha value is -2.66. The van der Waals surface area contributed by atoms with Gasteiger partial charge in [-0.15, -0.1) is 0 Å². The molecule has 0 saturated carbocycles. The third kappa shape index (κ3) is 21.6. The van der Waals surface area contributed by atoms with Crippen LogP contribution in [0.3, 0.4) is 0 Å².